The quantitative estimate of drug-likeness (QED) is 0.312. The van der Waals surface area contributed by atoms with Gasteiger partial charge >= 0.3 is 11.1 Å². The van der Waals surface area contributed by atoms with E-state index in [-0.39, 0.29) is 12.3 Å². The molecule has 7 nitrogen and oxygen atoms in total. The molecule has 0 bridgehead atoms. The van der Waals surface area contributed by atoms with Gasteiger partial charge in [0.1, 0.15) is 11.5 Å². The highest BCUT2D eigenvalue weighted by Gasteiger charge is 2.27. The Kier molecular flexibility index (Phi) is 6.24. The van der Waals surface area contributed by atoms with Gasteiger partial charge in [0.05, 0.1) is 17.1 Å². The van der Waals surface area contributed by atoms with Crippen molar-refractivity contribution < 1.29 is 9.53 Å². The molecule has 34 heavy (non-hydrogen) atoms. The fraction of sp³-hybridized carbons (Fsp3) is 0.125. The Morgan fingerprint density at radius 3 is 2.50 bits per heavy atom. The van der Waals surface area contributed by atoms with Gasteiger partial charge in [0.25, 0.3) is 0 Å². The summed E-state index contributed by atoms with van der Waals surface area (Å²) in [5.41, 5.74) is 0.445. The van der Waals surface area contributed by atoms with Crippen molar-refractivity contribution in [3.05, 3.63) is 90.9 Å². The number of hydrogen-bond acceptors (Lipinski definition) is 5. The van der Waals surface area contributed by atoms with Crippen LogP contribution in [0.4, 0.5) is 5.69 Å². The number of aromatic nitrogens is 2. The number of H-pyrrole nitrogens is 1. The van der Waals surface area contributed by atoms with Crippen LogP contribution in [-0.4, -0.2) is 21.2 Å². The van der Waals surface area contributed by atoms with Gasteiger partial charge in [0.15, 0.2) is 0 Å². The lowest BCUT2D eigenvalue weighted by atomic mass is 10.1. The number of amides is 1. The summed E-state index contributed by atoms with van der Waals surface area (Å²) in [4.78, 5) is 41.2. The predicted octanol–water partition coefficient (Wildman–Crippen LogP) is 5.57. The Morgan fingerprint density at radius 2 is 1.79 bits per heavy atom. The van der Waals surface area contributed by atoms with E-state index in [1.54, 1.807) is 66.4 Å². The highest BCUT2D eigenvalue weighted by Crippen LogP contribution is 2.38. The number of carbonyl (C=O) groups excluding carboxylic acids is 1. The smallest absolute Gasteiger partial charge is 0.317 e. The molecular formula is C24H17BrClN3O4S. The number of benzene rings is 3. The Labute approximate surface area is 211 Å². The molecule has 3 aromatic carbocycles. The van der Waals surface area contributed by atoms with Crippen LogP contribution in [0, 0.1) is 0 Å². The van der Waals surface area contributed by atoms with Crippen molar-refractivity contribution in [1.82, 2.24) is 9.55 Å². The van der Waals surface area contributed by atoms with Crippen LogP contribution in [0.5, 0.6) is 11.5 Å². The highest BCUT2D eigenvalue weighted by atomic mass is 79.9. The number of anilines is 1. The summed E-state index contributed by atoms with van der Waals surface area (Å²) in [5, 5.41) is 3.48. The van der Waals surface area contributed by atoms with Crippen LogP contribution in [0.2, 0.25) is 5.02 Å². The maximum Gasteiger partial charge on any atom is 0.317 e. The maximum atomic E-state index is 12.8. The third-order valence-electron chi connectivity index (χ3n) is 5.35. The molecule has 1 aliphatic heterocycles. The number of carbonyl (C=O) groups is 1. The Hall–Kier alpha value is -3.01. The second-order valence-corrected chi connectivity index (χ2v) is 10.1. The third-order valence-corrected chi connectivity index (χ3v) is 7.23. The van der Waals surface area contributed by atoms with E-state index < -0.39 is 17.2 Å². The van der Waals surface area contributed by atoms with E-state index >= 15 is 0 Å². The second-order valence-electron chi connectivity index (χ2n) is 7.73. The molecule has 172 valence electrons. The number of nitrogens with zero attached hydrogens (tertiary/aromatic N) is 1. The molecule has 1 aromatic heterocycles. The number of ether oxygens (including phenoxy) is 1. The van der Waals surface area contributed by atoms with Gasteiger partial charge in [-0.25, -0.2) is 0 Å². The van der Waals surface area contributed by atoms with E-state index in [4.69, 9.17) is 16.3 Å². The van der Waals surface area contributed by atoms with Crippen molar-refractivity contribution in [3.8, 4) is 11.5 Å². The standard InChI is InChI=1S/C24H17BrClN3O4S/c25-13-9-19-22-20(10-13)34-12-16(29(22)24(32)23(31)28-19)11-21(30)27-15-3-7-18(8-4-15)33-17-5-1-14(26)2-6-17/h1-10,16H,11-12H2,(H,27,30)(H,28,31). The van der Waals surface area contributed by atoms with Crippen LogP contribution < -0.4 is 21.2 Å². The van der Waals surface area contributed by atoms with Crippen LogP contribution in [0.15, 0.2) is 79.6 Å². The van der Waals surface area contributed by atoms with E-state index in [2.05, 4.69) is 26.2 Å². The average molecular weight is 559 g/mol. The van der Waals surface area contributed by atoms with Crippen LogP contribution in [0.3, 0.4) is 0 Å². The molecule has 0 radical (unpaired) electrons. The van der Waals surface area contributed by atoms with Crippen LogP contribution in [0.1, 0.15) is 12.5 Å². The lowest BCUT2D eigenvalue weighted by molar-refractivity contribution is -0.116. The molecule has 0 fully saturated rings. The van der Waals surface area contributed by atoms with E-state index in [1.807, 2.05) is 6.07 Å². The van der Waals surface area contributed by atoms with Gasteiger partial charge in [0.2, 0.25) is 5.91 Å². The topological polar surface area (TPSA) is 93.2 Å². The largest absolute Gasteiger partial charge is 0.457 e. The third kappa shape index (κ3) is 4.64. The summed E-state index contributed by atoms with van der Waals surface area (Å²) in [5.74, 6) is 1.52. The molecule has 1 amide bonds. The maximum absolute atomic E-state index is 12.8. The first-order chi connectivity index (χ1) is 16.4. The predicted molar refractivity (Wildman–Crippen MR) is 138 cm³/mol. The van der Waals surface area contributed by atoms with Gasteiger partial charge in [-0.3, -0.25) is 19.0 Å². The summed E-state index contributed by atoms with van der Waals surface area (Å²) in [6, 6.07) is 17.2. The molecule has 0 saturated heterocycles. The number of hydrogen-bond donors (Lipinski definition) is 2. The summed E-state index contributed by atoms with van der Waals surface area (Å²) in [6.45, 7) is 0. The summed E-state index contributed by atoms with van der Waals surface area (Å²) in [6.07, 6.45) is 0.0595. The highest BCUT2D eigenvalue weighted by molar-refractivity contribution is 9.10. The Balaban J connectivity index is 1.32. The number of thioether (sulfide) groups is 1. The zero-order chi connectivity index (χ0) is 23.8. The van der Waals surface area contributed by atoms with E-state index in [0.29, 0.717) is 39.0 Å². The Morgan fingerprint density at radius 1 is 1.12 bits per heavy atom. The van der Waals surface area contributed by atoms with Crippen LogP contribution in [0.25, 0.3) is 11.0 Å². The second kappa shape index (κ2) is 9.32. The molecule has 1 atom stereocenters. The first-order valence-corrected chi connectivity index (χ1v) is 12.5. The molecule has 0 aliphatic carbocycles. The molecule has 2 heterocycles. The number of aromatic amines is 1. The zero-order valence-electron chi connectivity index (χ0n) is 17.5. The van der Waals surface area contributed by atoms with Gasteiger partial charge in [-0.05, 0) is 60.7 Å². The molecule has 0 saturated carbocycles. The SMILES string of the molecule is O=C(CC1CSc2cc(Br)cc3[nH]c(=O)c(=O)n1c23)Nc1ccc(Oc2ccc(Cl)cc2)cc1. The average Bonchev–Trinajstić information content (AvgIpc) is 2.80. The molecular weight excluding hydrogens is 542 g/mol. The van der Waals surface area contributed by atoms with Crippen molar-refractivity contribution in [1.29, 1.82) is 0 Å². The van der Waals surface area contributed by atoms with E-state index in [1.165, 1.54) is 4.57 Å². The molecule has 1 aliphatic rings. The zero-order valence-corrected chi connectivity index (χ0v) is 20.7. The summed E-state index contributed by atoms with van der Waals surface area (Å²) < 4.78 is 8.03. The molecule has 1 unspecified atom stereocenters. The van der Waals surface area contributed by atoms with Crippen molar-refractivity contribution in [3.63, 3.8) is 0 Å². The van der Waals surface area contributed by atoms with Crippen LogP contribution >= 0.6 is 39.3 Å². The molecule has 10 heteroatoms. The van der Waals surface area contributed by atoms with Gasteiger partial charge in [-0.15, -0.1) is 11.8 Å². The van der Waals surface area contributed by atoms with Gasteiger partial charge in [0, 0.05) is 32.3 Å². The first kappa shape index (κ1) is 22.8. The lowest BCUT2D eigenvalue weighted by Crippen LogP contribution is -2.41. The number of halogens is 2. The minimum Gasteiger partial charge on any atom is -0.457 e. The van der Waals surface area contributed by atoms with Gasteiger partial charge in [-0.2, -0.15) is 0 Å². The van der Waals surface area contributed by atoms with Gasteiger partial charge < -0.3 is 15.0 Å². The molecule has 0 spiro atoms. The van der Waals surface area contributed by atoms with Gasteiger partial charge in [-0.1, -0.05) is 27.5 Å². The minimum absolute atomic E-state index is 0.0595. The summed E-state index contributed by atoms with van der Waals surface area (Å²) >= 11 is 10.9. The van der Waals surface area contributed by atoms with E-state index in [0.717, 1.165) is 9.37 Å². The van der Waals surface area contributed by atoms with Crippen LogP contribution in [-0.2, 0) is 4.79 Å². The fourth-order valence-electron chi connectivity index (χ4n) is 3.84. The Bertz CT molecular complexity index is 1520. The summed E-state index contributed by atoms with van der Waals surface area (Å²) in [7, 11) is 0. The molecule has 5 rings (SSSR count). The van der Waals surface area contributed by atoms with E-state index in [9.17, 15) is 14.4 Å². The number of rotatable bonds is 5. The lowest BCUT2D eigenvalue weighted by Gasteiger charge is -2.26. The minimum atomic E-state index is -0.704. The monoisotopic (exact) mass is 557 g/mol. The van der Waals surface area contributed by atoms with Crippen molar-refractivity contribution in [2.24, 2.45) is 0 Å². The van der Waals surface area contributed by atoms with Crippen molar-refractivity contribution in [2.75, 3.05) is 11.1 Å². The molecule has 2 N–H and O–H groups in total. The normalized spacial score (nSPS) is 14.7. The van der Waals surface area contributed by atoms with Crippen molar-refractivity contribution >= 4 is 61.9 Å². The van der Waals surface area contributed by atoms with Crippen molar-refractivity contribution in [2.45, 2.75) is 17.4 Å². The number of nitrogens with one attached hydrogen (secondary N) is 2. The molecule has 4 aromatic rings. The fourth-order valence-corrected chi connectivity index (χ4v) is 5.77. The first-order valence-electron chi connectivity index (χ1n) is 10.3.